The Morgan fingerprint density at radius 2 is 1.90 bits per heavy atom. The van der Waals surface area contributed by atoms with Crippen LogP contribution in [-0.4, -0.2) is 37.2 Å². The number of benzene rings is 1. The van der Waals surface area contributed by atoms with Crippen LogP contribution >= 0.6 is 0 Å². The number of nitrogens with one attached hydrogen (secondary N) is 1. The molecule has 114 valence electrons. The van der Waals surface area contributed by atoms with Gasteiger partial charge in [0.15, 0.2) is 0 Å². The van der Waals surface area contributed by atoms with Gasteiger partial charge in [0, 0.05) is 25.9 Å². The van der Waals surface area contributed by atoms with E-state index in [0.717, 1.165) is 32.6 Å². The molecule has 0 fully saturated rings. The summed E-state index contributed by atoms with van der Waals surface area (Å²) >= 11 is 0. The van der Waals surface area contributed by atoms with Gasteiger partial charge < -0.3 is 10.1 Å². The van der Waals surface area contributed by atoms with Gasteiger partial charge in [-0.3, -0.25) is 4.90 Å². The molecule has 0 aliphatic rings. The number of nitrogens with zero attached hydrogens (tertiary/aromatic N) is 1. The van der Waals surface area contributed by atoms with Gasteiger partial charge in [0.2, 0.25) is 0 Å². The quantitative estimate of drug-likeness (QED) is 0.744. The normalized spacial score (nSPS) is 11.9. The lowest BCUT2D eigenvalue weighted by Crippen LogP contribution is -2.25. The van der Waals surface area contributed by atoms with E-state index in [-0.39, 0.29) is 5.60 Å². The molecule has 3 heteroatoms. The van der Waals surface area contributed by atoms with Crippen LogP contribution in [0.15, 0.2) is 24.3 Å². The van der Waals surface area contributed by atoms with Gasteiger partial charge in [-0.25, -0.2) is 0 Å². The second-order valence-electron chi connectivity index (χ2n) is 5.80. The fourth-order valence-corrected chi connectivity index (χ4v) is 2.09. The minimum atomic E-state index is -0.0637. The predicted molar refractivity (Wildman–Crippen MR) is 87.3 cm³/mol. The van der Waals surface area contributed by atoms with Gasteiger partial charge in [-0.2, -0.15) is 0 Å². The Kier molecular flexibility index (Phi) is 7.03. The summed E-state index contributed by atoms with van der Waals surface area (Å²) in [6.45, 7) is 12.8. The Morgan fingerprint density at radius 1 is 1.20 bits per heavy atom. The van der Waals surface area contributed by atoms with E-state index in [2.05, 4.69) is 62.2 Å². The molecule has 0 radical (unpaired) electrons. The van der Waals surface area contributed by atoms with Crippen molar-refractivity contribution in [2.24, 2.45) is 0 Å². The zero-order chi connectivity index (χ0) is 15.0. The average molecular weight is 278 g/mol. The number of hydrogen-bond acceptors (Lipinski definition) is 3. The first-order valence-corrected chi connectivity index (χ1v) is 7.61. The first-order valence-electron chi connectivity index (χ1n) is 7.61. The SMILES string of the molecule is CCN(CC)Cc1cccc(NCCC(C)(C)OC)c1. The van der Waals surface area contributed by atoms with Crippen LogP contribution in [0.5, 0.6) is 0 Å². The molecule has 0 amide bonds. The molecule has 1 aromatic rings. The molecule has 1 rings (SSSR count). The molecule has 0 bridgehead atoms. The van der Waals surface area contributed by atoms with E-state index in [1.165, 1.54) is 11.3 Å². The third-order valence-corrected chi connectivity index (χ3v) is 3.84. The molecule has 20 heavy (non-hydrogen) atoms. The Morgan fingerprint density at radius 3 is 2.50 bits per heavy atom. The van der Waals surface area contributed by atoms with E-state index >= 15 is 0 Å². The van der Waals surface area contributed by atoms with E-state index < -0.39 is 0 Å². The third kappa shape index (κ3) is 5.93. The number of anilines is 1. The van der Waals surface area contributed by atoms with Crippen LogP contribution in [-0.2, 0) is 11.3 Å². The molecule has 0 heterocycles. The summed E-state index contributed by atoms with van der Waals surface area (Å²) in [5.41, 5.74) is 2.50. The molecule has 1 N–H and O–H groups in total. The van der Waals surface area contributed by atoms with Crippen LogP contribution in [0.1, 0.15) is 39.7 Å². The lowest BCUT2D eigenvalue weighted by Gasteiger charge is -2.23. The minimum absolute atomic E-state index is 0.0637. The van der Waals surface area contributed by atoms with Gasteiger partial charge in [-0.15, -0.1) is 0 Å². The maximum absolute atomic E-state index is 5.43. The first kappa shape index (κ1) is 17.0. The molecule has 1 aromatic carbocycles. The summed E-state index contributed by atoms with van der Waals surface area (Å²) in [6, 6.07) is 8.70. The molecule has 0 atom stereocenters. The molecular formula is C17H30N2O. The van der Waals surface area contributed by atoms with Gasteiger partial charge in [-0.1, -0.05) is 26.0 Å². The zero-order valence-electron chi connectivity index (χ0n) is 13.7. The third-order valence-electron chi connectivity index (χ3n) is 3.84. The average Bonchev–Trinajstić information content (AvgIpc) is 2.45. The topological polar surface area (TPSA) is 24.5 Å². The number of rotatable bonds is 9. The van der Waals surface area contributed by atoms with Gasteiger partial charge in [0.1, 0.15) is 0 Å². The Hall–Kier alpha value is -1.06. The second kappa shape index (κ2) is 8.28. The summed E-state index contributed by atoms with van der Waals surface area (Å²) < 4.78 is 5.43. The summed E-state index contributed by atoms with van der Waals surface area (Å²) in [4.78, 5) is 2.42. The summed E-state index contributed by atoms with van der Waals surface area (Å²) in [6.07, 6.45) is 0.990. The van der Waals surface area contributed by atoms with Crippen molar-refractivity contribution < 1.29 is 4.74 Å². The lowest BCUT2D eigenvalue weighted by molar-refractivity contribution is 0.0185. The smallest absolute Gasteiger partial charge is 0.0639 e. The summed E-state index contributed by atoms with van der Waals surface area (Å²) in [7, 11) is 1.77. The van der Waals surface area contributed by atoms with Gasteiger partial charge in [-0.05, 0) is 51.1 Å². The highest BCUT2D eigenvalue weighted by atomic mass is 16.5. The van der Waals surface area contributed by atoms with Crippen molar-refractivity contribution in [2.75, 3.05) is 32.1 Å². The van der Waals surface area contributed by atoms with Crippen molar-refractivity contribution in [3.05, 3.63) is 29.8 Å². The fourth-order valence-electron chi connectivity index (χ4n) is 2.09. The highest BCUT2D eigenvalue weighted by Gasteiger charge is 2.15. The van der Waals surface area contributed by atoms with Crippen molar-refractivity contribution in [1.82, 2.24) is 4.90 Å². The highest BCUT2D eigenvalue weighted by molar-refractivity contribution is 5.45. The Balaban J connectivity index is 2.51. The van der Waals surface area contributed by atoms with Crippen LogP contribution < -0.4 is 5.32 Å². The largest absolute Gasteiger partial charge is 0.385 e. The molecule has 0 aliphatic carbocycles. The fraction of sp³-hybridized carbons (Fsp3) is 0.647. The van der Waals surface area contributed by atoms with Crippen molar-refractivity contribution >= 4 is 5.69 Å². The van der Waals surface area contributed by atoms with Crippen molar-refractivity contribution in [3.8, 4) is 0 Å². The van der Waals surface area contributed by atoms with Crippen LogP contribution in [0.4, 0.5) is 5.69 Å². The van der Waals surface area contributed by atoms with E-state index in [4.69, 9.17) is 4.74 Å². The van der Waals surface area contributed by atoms with Crippen LogP contribution in [0.25, 0.3) is 0 Å². The maximum atomic E-state index is 5.43. The van der Waals surface area contributed by atoms with E-state index in [1.54, 1.807) is 7.11 Å². The highest BCUT2D eigenvalue weighted by Crippen LogP contribution is 2.16. The molecule has 0 unspecified atom stereocenters. The second-order valence-corrected chi connectivity index (χ2v) is 5.80. The number of hydrogen-bond donors (Lipinski definition) is 1. The number of ether oxygens (including phenoxy) is 1. The van der Waals surface area contributed by atoms with Crippen LogP contribution in [0.2, 0.25) is 0 Å². The van der Waals surface area contributed by atoms with E-state index in [0.29, 0.717) is 0 Å². The van der Waals surface area contributed by atoms with Gasteiger partial charge >= 0.3 is 0 Å². The van der Waals surface area contributed by atoms with Crippen molar-refractivity contribution in [2.45, 2.75) is 46.3 Å². The standard InChI is InChI=1S/C17H30N2O/c1-6-19(7-2)14-15-9-8-10-16(13-15)18-12-11-17(3,4)20-5/h8-10,13,18H,6-7,11-12,14H2,1-5H3. The van der Waals surface area contributed by atoms with E-state index in [1.807, 2.05) is 0 Å². The lowest BCUT2D eigenvalue weighted by atomic mass is 10.1. The van der Waals surface area contributed by atoms with Crippen LogP contribution in [0, 0.1) is 0 Å². The predicted octanol–water partition coefficient (Wildman–Crippen LogP) is 3.76. The molecule has 0 saturated heterocycles. The zero-order valence-corrected chi connectivity index (χ0v) is 13.7. The number of methoxy groups -OCH3 is 1. The Bertz CT molecular complexity index is 386. The van der Waals surface area contributed by atoms with Crippen LogP contribution in [0.3, 0.4) is 0 Å². The molecule has 0 aliphatic heterocycles. The molecular weight excluding hydrogens is 248 g/mol. The van der Waals surface area contributed by atoms with Gasteiger partial charge in [0.25, 0.3) is 0 Å². The molecule has 0 spiro atoms. The molecule has 0 aromatic heterocycles. The minimum Gasteiger partial charge on any atom is -0.385 e. The van der Waals surface area contributed by atoms with Crippen molar-refractivity contribution in [3.63, 3.8) is 0 Å². The van der Waals surface area contributed by atoms with E-state index in [9.17, 15) is 0 Å². The summed E-state index contributed by atoms with van der Waals surface area (Å²) in [5, 5.41) is 3.49. The monoisotopic (exact) mass is 278 g/mol. The molecule has 0 saturated carbocycles. The maximum Gasteiger partial charge on any atom is 0.0639 e. The summed E-state index contributed by atoms with van der Waals surface area (Å²) in [5.74, 6) is 0. The molecule has 3 nitrogen and oxygen atoms in total. The first-order chi connectivity index (χ1) is 9.50. The van der Waals surface area contributed by atoms with Gasteiger partial charge in [0.05, 0.1) is 5.60 Å². The van der Waals surface area contributed by atoms with Crippen molar-refractivity contribution in [1.29, 1.82) is 0 Å². The Labute approximate surface area is 124 Å².